The van der Waals surface area contributed by atoms with E-state index in [9.17, 15) is 0 Å². The van der Waals surface area contributed by atoms with Crippen LogP contribution in [0.2, 0.25) is 5.02 Å². The topological polar surface area (TPSA) is 9.23 Å². The highest BCUT2D eigenvalue weighted by atomic mass is 35.5. The largest absolute Gasteiger partial charge is 0.487 e. The third-order valence-electron chi connectivity index (χ3n) is 1.71. The lowest BCUT2D eigenvalue weighted by molar-refractivity contribution is 0.358. The molecule has 0 radical (unpaired) electrons. The molecule has 1 aliphatic rings. The number of ether oxygens (including phenoxy) is 1. The Hall–Kier alpha value is -0.660. The Kier molecular flexibility index (Phi) is 1.99. The number of halogens is 2. The molecule has 0 aliphatic carbocycles. The third-order valence-corrected chi connectivity index (χ3v) is 2.37. The molecule has 62 valence electrons. The summed E-state index contributed by atoms with van der Waals surface area (Å²) in [5.41, 5.74) is 0.871. The zero-order valence-corrected chi connectivity index (χ0v) is 7.69. The second-order valence-corrected chi connectivity index (χ2v) is 3.29. The van der Waals surface area contributed by atoms with Crippen molar-refractivity contribution in [2.75, 3.05) is 6.61 Å². The first-order chi connectivity index (χ1) is 5.79. The molecule has 0 fully saturated rings. The predicted molar refractivity (Wildman–Crippen MR) is 50.8 cm³/mol. The summed E-state index contributed by atoms with van der Waals surface area (Å²) in [4.78, 5) is 0. The molecule has 1 aromatic rings. The Morgan fingerprint density at radius 3 is 2.83 bits per heavy atom. The monoisotopic (exact) mass is 200 g/mol. The average Bonchev–Trinajstić information content (AvgIpc) is 2.07. The van der Waals surface area contributed by atoms with Crippen molar-refractivity contribution in [1.29, 1.82) is 0 Å². The summed E-state index contributed by atoms with van der Waals surface area (Å²) in [6.45, 7) is 0.496. The summed E-state index contributed by atoms with van der Waals surface area (Å²) < 4.78 is 5.33. The van der Waals surface area contributed by atoms with E-state index in [1.807, 2.05) is 18.2 Å². The molecule has 0 atom stereocenters. The summed E-state index contributed by atoms with van der Waals surface area (Å²) in [7, 11) is 0. The van der Waals surface area contributed by atoms with Crippen LogP contribution in [0.5, 0.6) is 5.75 Å². The van der Waals surface area contributed by atoms with Crippen LogP contribution < -0.4 is 4.74 Å². The van der Waals surface area contributed by atoms with Crippen LogP contribution in [-0.2, 0) is 0 Å². The number of para-hydroxylation sites is 1. The minimum atomic E-state index is 0.496. The first-order valence-corrected chi connectivity index (χ1v) is 4.32. The van der Waals surface area contributed by atoms with E-state index >= 15 is 0 Å². The fourth-order valence-corrected chi connectivity index (χ4v) is 1.59. The Balaban J connectivity index is 2.62. The molecule has 1 nitrogen and oxygen atoms in total. The van der Waals surface area contributed by atoms with E-state index in [1.54, 1.807) is 6.07 Å². The van der Waals surface area contributed by atoms with Gasteiger partial charge in [-0.15, -0.1) is 0 Å². The second-order valence-electron chi connectivity index (χ2n) is 2.48. The van der Waals surface area contributed by atoms with E-state index in [1.165, 1.54) is 0 Å². The maximum atomic E-state index is 5.94. The molecule has 3 heteroatoms. The Morgan fingerprint density at radius 1 is 1.25 bits per heavy atom. The van der Waals surface area contributed by atoms with E-state index in [-0.39, 0.29) is 0 Å². The van der Waals surface area contributed by atoms with Crippen LogP contribution in [0.15, 0.2) is 24.3 Å². The lowest BCUT2D eigenvalue weighted by Gasteiger charge is -2.15. The zero-order valence-electron chi connectivity index (χ0n) is 6.18. The van der Waals surface area contributed by atoms with Crippen LogP contribution in [-0.4, -0.2) is 6.61 Å². The van der Waals surface area contributed by atoms with Gasteiger partial charge >= 0.3 is 0 Å². The molecule has 1 aliphatic heterocycles. The molecule has 0 unspecified atom stereocenters. The lowest BCUT2D eigenvalue weighted by Crippen LogP contribution is -2.02. The van der Waals surface area contributed by atoms with Gasteiger partial charge in [-0.2, -0.15) is 0 Å². The first-order valence-electron chi connectivity index (χ1n) is 3.56. The highest BCUT2D eigenvalue weighted by Gasteiger charge is 2.14. The molecular weight excluding hydrogens is 195 g/mol. The third kappa shape index (κ3) is 1.19. The maximum Gasteiger partial charge on any atom is 0.147 e. The first kappa shape index (κ1) is 7.96. The molecule has 0 saturated carbocycles. The van der Waals surface area contributed by atoms with Crippen LogP contribution in [0, 0.1) is 0 Å². The molecule has 0 aromatic heterocycles. The van der Waals surface area contributed by atoms with Gasteiger partial charge in [0.2, 0.25) is 0 Å². The second kappa shape index (κ2) is 3.00. The zero-order chi connectivity index (χ0) is 8.55. The number of hydrogen-bond donors (Lipinski definition) is 0. The molecule has 1 aromatic carbocycles. The molecule has 0 bridgehead atoms. The van der Waals surface area contributed by atoms with Gasteiger partial charge in [0.1, 0.15) is 12.4 Å². The van der Waals surface area contributed by atoms with E-state index in [0.29, 0.717) is 22.4 Å². The van der Waals surface area contributed by atoms with Crippen LogP contribution >= 0.6 is 23.2 Å². The fourth-order valence-electron chi connectivity index (χ4n) is 1.15. The van der Waals surface area contributed by atoms with Crippen molar-refractivity contribution in [3.05, 3.63) is 34.9 Å². The summed E-state index contributed by atoms with van der Waals surface area (Å²) in [5.74, 6) is 0.687. The minimum Gasteiger partial charge on any atom is -0.487 e. The van der Waals surface area contributed by atoms with Gasteiger partial charge < -0.3 is 4.74 Å². The molecule has 0 N–H and O–H groups in total. The van der Waals surface area contributed by atoms with E-state index in [0.717, 1.165) is 5.56 Å². The normalized spacial score (nSPS) is 14.7. The smallest absolute Gasteiger partial charge is 0.147 e. The van der Waals surface area contributed by atoms with Crippen molar-refractivity contribution < 1.29 is 4.74 Å². The highest BCUT2D eigenvalue weighted by molar-refractivity contribution is 6.49. The van der Waals surface area contributed by atoms with Crippen molar-refractivity contribution in [1.82, 2.24) is 0 Å². The van der Waals surface area contributed by atoms with Gasteiger partial charge in [-0.25, -0.2) is 0 Å². The molecule has 0 saturated heterocycles. The van der Waals surface area contributed by atoms with Crippen molar-refractivity contribution >= 4 is 28.2 Å². The van der Waals surface area contributed by atoms with Crippen LogP contribution in [0.25, 0.3) is 5.03 Å². The Labute approximate surface area is 80.6 Å². The molecule has 1 heterocycles. The van der Waals surface area contributed by atoms with E-state index < -0.39 is 0 Å². The van der Waals surface area contributed by atoms with Crippen molar-refractivity contribution in [3.8, 4) is 5.75 Å². The average molecular weight is 201 g/mol. The van der Waals surface area contributed by atoms with Gasteiger partial charge in [-0.3, -0.25) is 0 Å². The number of benzene rings is 1. The molecule has 0 amide bonds. The summed E-state index contributed by atoms with van der Waals surface area (Å²) in [6, 6.07) is 5.53. The number of fused-ring (bicyclic) bond motifs is 1. The minimum absolute atomic E-state index is 0.496. The van der Waals surface area contributed by atoms with Crippen molar-refractivity contribution in [3.63, 3.8) is 0 Å². The molecular formula is C9H6Cl2O. The SMILES string of the molecule is ClC1=CCOc2c(Cl)cccc21. The van der Waals surface area contributed by atoms with Gasteiger partial charge in [-0.1, -0.05) is 29.3 Å². The summed E-state index contributed by atoms with van der Waals surface area (Å²) in [6.07, 6.45) is 1.82. The van der Waals surface area contributed by atoms with Crippen LogP contribution in [0.4, 0.5) is 0 Å². The molecule has 12 heavy (non-hydrogen) atoms. The standard InChI is InChI=1S/C9H6Cl2O/c10-7-4-5-12-9-6(7)2-1-3-8(9)11/h1-4H,5H2. The van der Waals surface area contributed by atoms with Gasteiger partial charge in [0.25, 0.3) is 0 Å². The highest BCUT2D eigenvalue weighted by Crippen LogP contribution is 2.37. The van der Waals surface area contributed by atoms with Gasteiger partial charge in [0.15, 0.2) is 0 Å². The Bertz CT molecular complexity index is 344. The maximum absolute atomic E-state index is 5.94. The Morgan fingerprint density at radius 2 is 2.08 bits per heavy atom. The van der Waals surface area contributed by atoms with Gasteiger partial charge in [0, 0.05) is 5.56 Å². The summed E-state index contributed by atoms with van der Waals surface area (Å²) >= 11 is 11.8. The van der Waals surface area contributed by atoms with E-state index in [4.69, 9.17) is 27.9 Å². The quantitative estimate of drug-likeness (QED) is 0.625. The summed E-state index contributed by atoms with van der Waals surface area (Å²) in [5, 5.41) is 1.32. The van der Waals surface area contributed by atoms with Crippen LogP contribution in [0.1, 0.15) is 5.56 Å². The number of hydrogen-bond acceptors (Lipinski definition) is 1. The van der Waals surface area contributed by atoms with Gasteiger partial charge in [-0.05, 0) is 18.2 Å². The lowest BCUT2D eigenvalue weighted by atomic mass is 10.1. The molecule has 2 rings (SSSR count). The van der Waals surface area contributed by atoms with E-state index in [2.05, 4.69) is 0 Å². The number of rotatable bonds is 0. The van der Waals surface area contributed by atoms with Gasteiger partial charge in [0.05, 0.1) is 10.1 Å². The predicted octanol–water partition coefficient (Wildman–Crippen LogP) is 3.31. The van der Waals surface area contributed by atoms with Crippen molar-refractivity contribution in [2.24, 2.45) is 0 Å². The van der Waals surface area contributed by atoms with Crippen molar-refractivity contribution in [2.45, 2.75) is 0 Å². The fraction of sp³-hybridized carbons (Fsp3) is 0.111. The van der Waals surface area contributed by atoms with Crippen LogP contribution in [0.3, 0.4) is 0 Å². The molecule has 0 spiro atoms.